The van der Waals surface area contributed by atoms with Crippen LogP contribution in [0.15, 0.2) is 18.2 Å². The minimum absolute atomic E-state index is 0.0748. The lowest BCUT2D eigenvalue weighted by molar-refractivity contribution is -0.825. The van der Waals surface area contributed by atoms with Crippen molar-refractivity contribution in [2.75, 3.05) is 18.4 Å². The number of hydrogen-bond donors (Lipinski definition) is 3. The van der Waals surface area contributed by atoms with Crippen LogP contribution >= 0.6 is 0 Å². The predicted molar refractivity (Wildman–Crippen MR) is 93.8 cm³/mol. The van der Waals surface area contributed by atoms with Crippen LogP contribution < -0.4 is 16.0 Å². The van der Waals surface area contributed by atoms with E-state index in [1.807, 2.05) is 6.07 Å². The van der Waals surface area contributed by atoms with E-state index in [9.17, 15) is 19.6 Å². The van der Waals surface area contributed by atoms with Crippen LogP contribution in [0.25, 0.3) is 0 Å². The molecule has 0 aromatic heterocycles. The van der Waals surface area contributed by atoms with Crippen LogP contribution in [-0.2, 0) is 16.1 Å². The Bertz CT molecular complexity index is 774. The summed E-state index contributed by atoms with van der Waals surface area (Å²) in [6.07, 6.45) is 2.14. The molecule has 2 atom stereocenters. The van der Waals surface area contributed by atoms with Gasteiger partial charge in [0.05, 0.1) is 5.56 Å². The topological polar surface area (TPSA) is 110 Å². The third-order valence-corrected chi connectivity index (χ3v) is 5.56. The molecule has 3 heterocycles. The van der Waals surface area contributed by atoms with Crippen molar-refractivity contribution in [2.45, 2.75) is 44.3 Å². The number of hydroxylamine groups is 3. The molecule has 3 N–H and O–H groups in total. The average Bonchev–Trinajstić information content (AvgIpc) is 2.89. The summed E-state index contributed by atoms with van der Waals surface area (Å²) in [5, 5.41) is 22.3. The molecule has 2 saturated heterocycles. The monoisotopic (exact) mass is 358 g/mol. The molecule has 0 radical (unpaired) electrons. The molecule has 138 valence electrons. The van der Waals surface area contributed by atoms with E-state index < -0.39 is 28.4 Å². The van der Waals surface area contributed by atoms with Gasteiger partial charge in [0.1, 0.15) is 6.54 Å². The van der Waals surface area contributed by atoms with Gasteiger partial charge < -0.3 is 15.8 Å². The lowest BCUT2D eigenvalue weighted by Crippen LogP contribution is -2.60. The number of piperidine rings is 2. The highest BCUT2D eigenvalue weighted by Crippen LogP contribution is 2.38. The molecule has 0 aliphatic carbocycles. The van der Waals surface area contributed by atoms with Gasteiger partial charge in [-0.2, -0.15) is 0 Å². The molecule has 8 nitrogen and oxygen atoms in total. The Morgan fingerprint density at radius 2 is 1.88 bits per heavy atom. The Morgan fingerprint density at radius 3 is 2.62 bits per heavy atom. The third-order valence-electron chi connectivity index (χ3n) is 5.56. The molecule has 3 amide bonds. The van der Waals surface area contributed by atoms with Crippen molar-refractivity contribution in [3.05, 3.63) is 34.5 Å². The number of benzene rings is 1. The summed E-state index contributed by atoms with van der Waals surface area (Å²) in [5.74, 6) is -1.64. The number of nitrogens with zero attached hydrogens (tertiary/aromatic N) is 1. The van der Waals surface area contributed by atoms with Crippen molar-refractivity contribution in [3.63, 3.8) is 0 Å². The third kappa shape index (κ3) is 2.80. The fourth-order valence-corrected chi connectivity index (χ4v) is 4.12. The van der Waals surface area contributed by atoms with Crippen molar-refractivity contribution in [2.24, 2.45) is 0 Å². The maximum absolute atomic E-state index is 13.4. The fourth-order valence-electron chi connectivity index (χ4n) is 4.12. The molecule has 2 unspecified atom stereocenters. The minimum atomic E-state index is -1.24. The van der Waals surface area contributed by atoms with Crippen LogP contribution in [0.1, 0.15) is 41.6 Å². The van der Waals surface area contributed by atoms with Crippen LogP contribution in [0.3, 0.4) is 0 Å². The zero-order valence-corrected chi connectivity index (χ0v) is 14.4. The molecule has 4 rings (SSSR count). The highest BCUT2D eigenvalue weighted by molar-refractivity contribution is 6.02. The van der Waals surface area contributed by atoms with E-state index in [4.69, 9.17) is 0 Å². The normalized spacial score (nSPS) is 29.4. The molecule has 0 spiro atoms. The number of hydrogen-bond acceptors (Lipinski definition) is 6. The molecular formula is C18H22N4O4. The summed E-state index contributed by atoms with van der Waals surface area (Å²) in [4.78, 5) is 36.4. The summed E-state index contributed by atoms with van der Waals surface area (Å²) in [6, 6.07) is 4.52. The van der Waals surface area contributed by atoms with E-state index in [0.717, 1.165) is 31.6 Å². The Balaban J connectivity index is 1.61. The molecule has 0 bridgehead atoms. The van der Waals surface area contributed by atoms with E-state index in [0.29, 0.717) is 17.2 Å². The van der Waals surface area contributed by atoms with Gasteiger partial charge in [-0.25, -0.2) is 4.79 Å². The van der Waals surface area contributed by atoms with Crippen molar-refractivity contribution >= 4 is 23.4 Å². The maximum Gasteiger partial charge on any atom is 0.347 e. The molecule has 26 heavy (non-hydrogen) atoms. The van der Waals surface area contributed by atoms with Gasteiger partial charge in [-0.3, -0.25) is 19.6 Å². The fraction of sp³-hybridized carbons (Fsp3) is 0.500. The highest BCUT2D eigenvalue weighted by atomic mass is 16.6. The van der Waals surface area contributed by atoms with E-state index >= 15 is 0 Å². The van der Waals surface area contributed by atoms with Crippen LogP contribution in [0.2, 0.25) is 0 Å². The quantitative estimate of drug-likeness (QED) is 0.415. The predicted octanol–water partition coefficient (Wildman–Crippen LogP) is 0.624. The largest absolute Gasteiger partial charge is 0.624 e. The number of nitrogens with one attached hydrogen (secondary N) is 3. The molecule has 3 aliphatic rings. The summed E-state index contributed by atoms with van der Waals surface area (Å²) < 4.78 is -1.24. The zero-order valence-electron chi connectivity index (χ0n) is 14.4. The lowest BCUT2D eigenvalue weighted by Gasteiger charge is -2.42. The van der Waals surface area contributed by atoms with Crippen molar-refractivity contribution < 1.29 is 19.0 Å². The van der Waals surface area contributed by atoms with Gasteiger partial charge in [-0.15, -0.1) is 0 Å². The van der Waals surface area contributed by atoms with Gasteiger partial charge in [0.15, 0.2) is 6.04 Å². The number of rotatable bonds is 3. The van der Waals surface area contributed by atoms with Gasteiger partial charge in [0, 0.05) is 30.1 Å². The molecule has 1 aromatic carbocycles. The Kier molecular flexibility index (Phi) is 4.26. The average molecular weight is 358 g/mol. The van der Waals surface area contributed by atoms with Crippen LogP contribution in [0.4, 0.5) is 5.69 Å². The SMILES string of the molecule is O=C1CCC([N+]2([O-])Cc3c(NC4CCNCC4)cccc3C2=O)C(=O)N1. The minimum Gasteiger partial charge on any atom is -0.624 e. The smallest absolute Gasteiger partial charge is 0.347 e. The molecule has 8 heteroatoms. The number of amides is 3. The first-order valence-electron chi connectivity index (χ1n) is 9.05. The molecule has 1 aromatic rings. The van der Waals surface area contributed by atoms with Gasteiger partial charge in [0.2, 0.25) is 5.91 Å². The first-order chi connectivity index (χ1) is 12.5. The first-order valence-corrected chi connectivity index (χ1v) is 9.05. The standard InChI is InChI=1S/C18H22N4O4/c23-16-5-4-15(17(24)21-16)22(26)10-13-12(18(22)25)2-1-3-14(13)20-11-6-8-19-9-7-11/h1-3,11,15,19-20H,4-10H2,(H,21,23,24). The number of anilines is 1. The second-order valence-electron chi connectivity index (χ2n) is 7.23. The zero-order chi connectivity index (χ0) is 18.3. The van der Waals surface area contributed by atoms with E-state index in [1.54, 1.807) is 12.1 Å². The van der Waals surface area contributed by atoms with Crippen molar-refractivity contribution in [1.82, 2.24) is 10.6 Å². The second kappa shape index (κ2) is 6.46. The molecule has 3 aliphatic heterocycles. The number of carbonyl (C=O) groups is 3. The Hall–Kier alpha value is -2.29. The first kappa shape index (κ1) is 17.1. The summed E-state index contributed by atoms with van der Waals surface area (Å²) in [6.45, 7) is 1.79. The summed E-state index contributed by atoms with van der Waals surface area (Å²) >= 11 is 0. The van der Waals surface area contributed by atoms with Gasteiger partial charge in [-0.05, 0) is 38.1 Å². The Morgan fingerprint density at radius 1 is 1.12 bits per heavy atom. The van der Waals surface area contributed by atoms with Gasteiger partial charge in [-0.1, -0.05) is 6.07 Å². The summed E-state index contributed by atoms with van der Waals surface area (Å²) in [5.41, 5.74) is 1.85. The van der Waals surface area contributed by atoms with E-state index in [1.165, 1.54) is 0 Å². The highest BCUT2D eigenvalue weighted by Gasteiger charge is 2.50. The second-order valence-corrected chi connectivity index (χ2v) is 7.23. The molecule has 0 saturated carbocycles. The van der Waals surface area contributed by atoms with Gasteiger partial charge in [0.25, 0.3) is 5.91 Å². The van der Waals surface area contributed by atoms with Crippen LogP contribution in [0.5, 0.6) is 0 Å². The van der Waals surface area contributed by atoms with Crippen molar-refractivity contribution in [3.8, 4) is 0 Å². The van der Waals surface area contributed by atoms with E-state index in [-0.39, 0.29) is 19.4 Å². The molecular weight excluding hydrogens is 336 g/mol. The number of quaternary nitrogens is 1. The van der Waals surface area contributed by atoms with Gasteiger partial charge >= 0.3 is 5.91 Å². The van der Waals surface area contributed by atoms with Crippen LogP contribution in [0, 0.1) is 5.21 Å². The lowest BCUT2D eigenvalue weighted by atomic mass is 10.0. The van der Waals surface area contributed by atoms with Crippen LogP contribution in [-0.4, -0.2) is 47.5 Å². The maximum atomic E-state index is 13.4. The summed E-state index contributed by atoms with van der Waals surface area (Å²) in [7, 11) is 0. The van der Waals surface area contributed by atoms with Crippen molar-refractivity contribution in [1.29, 1.82) is 0 Å². The molecule has 2 fully saturated rings. The van der Waals surface area contributed by atoms with E-state index in [2.05, 4.69) is 16.0 Å². The number of carbonyl (C=O) groups excluding carboxylic acids is 3. The number of fused-ring (bicyclic) bond motifs is 1. The number of imide groups is 1. The Labute approximate surface area is 151 Å².